The molecule has 0 spiro atoms. The van der Waals surface area contributed by atoms with E-state index in [9.17, 15) is 9.59 Å². The van der Waals surface area contributed by atoms with Crippen LogP contribution in [0.15, 0.2) is 12.1 Å². The minimum atomic E-state index is -0.779. The molecule has 116 valence electrons. The van der Waals surface area contributed by atoms with Crippen molar-refractivity contribution in [3.05, 3.63) is 17.2 Å². The van der Waals surface area contributed by atoms with Crippen molar-refractivity contribution in [3.63, 3.8) is 0 Å². The van der Waals surface area contributed by atoms with Crippen LogP contribution in [0.2, 0.25) is 5.02 Å². The highest BCUT2D eigenvalue weighted by Gasteiger charge is 2.17. The van der Waals surface area contributed by atoms with Crippen LogP contribution in [0.5, 0.6) is 11.5 Å². The SMILES string of the molecule is COc1cc(NC(=O)C(=O)NCC(C)C)c(OC)cc1Cl. The number of carbonyl (C=O) groups excluding carboxylic acids is 2. The molecule has 7 heteroatoms. The molecule has 2 amide bonds. The molecule has 6 nitrogen and oxygen atoms in total. The van der Waals surface area contributed by atoms with Crippen LogP contribution in [0.4, 0.5) is 5.69 Å². The summed E-state index contributed by atoms with van der Waals surface area (Å²) in [5.74, 6) is -0.522. The Balaban J connectivity index is 2.86. The molecule has 1 rings (SSSR count). The molecule has 2 N–H and O–H groups in total. The fourth-order valence-corrected chi connectivity index (χ4v) is 1.75. The third kappa shape index (κ3) is 4.82. The van der Waals surface area contributed by atoms with Crippen LogP contribution in [0.1, 0.15) is 13.8 Å². The summed E-state index contributed by atoms with van der Waals surface area (Å²) in [4.78, 5) is 23.5. The van der Waals surface area contributed by atoms with Crippen molar-refractivity contribution < 1.29 is 19.1 Å². The number of amides is 2. The lowest BCUT2D eigenvalue weighted by Crippen LogP contribution is -2.37. The molecule has 0 radical (unpaired) electrons. The first kappa shape index (κ1) is 17.1. The van der Waals surface area contributed by atoms with Crippen LogP contribution in [0.3, 0.4) is 0 Å². The van der Waals surface area contributed by atoms with Gasteiger partial charge in [0.15, 0.2) is 0 Å². The summed E-state index contributed by atoms with van der Waals surface area (Å²) in [7, 11) is 2.89. The van der Waals surface area contributed by atoms with Crippen molar-refractivity contribution >= 4 is 29.1 Å². The van der Waals surface area contributed by atoms with Crippen molar-refractivity contribution in [3.8, 4) is 11.5 Å². The monoisotopic (exact) mass is 314 g/mol. The van der Waals surface area contributed by atoms with Gasteiger partial charge in [-0.15, -0.1) is 0 Å². The van der Waals surface area contributed by atoms with E-state index in [1.807, 2.05) is 13.8 Å². The molecule has 21 heavy (non-hydrogen) atoms. The predicted molar refractivity (Wildman–Crippen MR) is 81.0 cm³/mol. The normalized spacial score (nSPS) is 10.2. The van der Waals surface area contributed by atoms with Crippen LogP contribution < -0.4 is 20.1 Å². The van der Waals surface area contributed by atoms with Crippen molar-refractivity contribution in [1.82, 2.24) is 5.32 Å². The second kappa shape index (κ2) is 7.73. The number of benzene rings is 1. The van der Waals surface area contributed by atoms with E-state index in [0.29, 0.717) is 28.8 Å². The zero-order valence-electron chi connectivity index (χ0n) is 12.5. The van der Waals surface area contributed by atoms with Gasteiger partial charge in [0.2, 0.25) is 0 Å². The maximum absolute atomic E-state index is 11.8. The van der Waals surface area contributed by atoms with Crippen LogP contribution >= 0.6 is 11.6 Å². The number of ether oxygens (including phenoxy) is 2. The summed E-state index contributed by atoms with van der Waals surface area (Å²) < 4.78 is 10.2. The third-order valence-corrected chi connectivity index (χ3v) is 2.89. The quantitative estimate of drug-likeness (QED) is 0.816. The van der Waals surface area contributed by atoms with Crippen molar-refractivity contribution in [2.75, 3.05) is 26.1 Å². The minimum Gasteiger partial charge on any atom is -0.495 e. The molecule has 0 saturated heterocycles. The third-order valence-electron chi connectivity index (χ3n) is 2.60. The van der Waals surface area contributed by atoms with E-state index in [2.05, 4.69) is 10.6 Å². The van der Waals surface area contributed by atoms with E-state index in [-0.39, 0.29) is 5.92 Å². The molecular formula is C14H19ClN2O4. The minimum absolute atomic E-state index is 0.256. The lowest BCUT2D eigenvalue weighted by molar-refractivity contribution is -0.136. The predicted octanol–water partition coefficient (Wildman–Crippen LogP) is 2.07. The first-order valence-corrected chi connectivity index (χ1v) is 6.77. The second-order valence-electron chi connectivity index (χ2n) is 4.75. The Morgan fingerprint density at radius 2 is 1.76 bits per heavy atom. The Labute approximate surface area is 128 Å². The number of methoxy groups -OCH3 is 2. The maximum atomic E-state index is 11.8. The molecule has 0 bridgehead atoms. The summed E-state index contributed by atoms with van der Waals surface area (Å²) in [6, 6.07) is 3.00. The molecule has 1 aromatic rings. The molecule has 0 aliphatic rings. The number of carbonyl (C=O) groups is 2. The zero-order chi connectivity index (χ0) is 16.0. The topological polar surface area (TPSA) is 76.7 Å². The van der Waals surface area contributed by atoms with Crippen molar-refractivity contribution in [2.24, 2.45) is 5.92 Å². The van der Waals surface area contributed by atoms with Gasteiger partial charge in [0.25, 0.3) is 0 Å². The average molecular weight is 315 g/mol. The van der Waals surface area contributed by atoms with Gasteiger partial charge in [-0.2, -0.15) is 0 Å². The summed E-state index contributed by atoms with van der Waals surface area (Å²) in [6.45, 7) is 4.30. The molecule has 0 atom stereocenters. The highest BCUT2D eigenvalue weighted by Crippen LogP contribution is 2.35. The van der Waals surface area contributed by atoms with E-state index >= 15 is 0 Å². The Morgan fingerprint density at radius 1 is 1.14 bits per heavy atom. The number of anilines is 1. The smallest absolute Gasteiger partial charge is 0.313 e. The molecular weight excluding hydrogens is 296 g/mol. The lowest BCUT2D eigenvalue weighted by atomic mass is 10.2. The molecule has 0 unspecified atom stereocenters. The van der Waals surface area contributed by atoms with Gasteiger partial charge in [0.1, 0.15) is 11.5 Å². The number of hydrogen-bond donors (Lipinski definition) is 2. The fraction of sp³-hybridized carbons (Fsp3) is 0.429. The van der Waals surface area contributed by atoms with Crippen LogP contribution in [-0.2, 0) is 9.59 Å². The molecule has 0 heterocycles. The van der Waals surface area contributed by atoms with Gasteiger partial charge < -0.3 is 20.1 Å². The summed E-state index contributed by atoms with van der Waals surface area (Å²) >= 11 is 5.97. The summed E-state index contributed by atoms with van der Waals surface area (Å²) in [5.41, 5.74) is 0.309. The highest BCUT2D eigenvalue weighted by molar-refractivity contribution is 6.40. The van der Waals surface area contributed by atoms with E-state index in [0.717, 1.165) is 0 Å². The molecule has 1 aromatic carbocycles. The Morgan fingerprint density at radius 3 is 2.29 bits per heavy atom. The van der Waals surface area contributed by atoms with Gasteiger partial charge >= 0.3 is 11.8 Å². The Hall–Kier alpha value is -1.95. The summed E-state index contributed by atoms with van der Waals surface area (Å²) in [6.07, 6.45) is 0. The molecule has 0 aliphatic carbocycles. The number of rotatable bonds is 5. The van der Waals surface area contributed by atoms with Gasteiger partial charge in [-0.1, -0.05) is 25.4 Å². The van der Waals surface area contributed by atoms with E-state index in [4.69, 9.17) is 21.1 Å². The van der Waals surface area contributed by atoms with Gasteiger partial charge in [-0.05, 0) is 5.92 Å². The van der Waals surface area contributed by atoms with Gasteiger partial charge in [-0.3, -0.25) is 9.59 Å². The van der Waals surface area contributed by atoms with E-state index in [1.54, 1.807) is 0 Å². The average Bonchev–Trinajstić information content (AvgIpc) is 2.45. The van der Waals surface area contributed by atoms with Crippen LogP contribution in [0, 0.1) is 5.92 Å². The zero-order valence-corrected chi connectivity index (χ0v) is 13.2. The van der Waals surface area contributed by atoms with Gasteiger partial charge in [-0.25, -0.2) is 0 Å². The number of hydrogen-bond acceptors (Lipinski definition) is 4. The van der Waals surface area contributed by atoms with Crippen molar-refractivity contribution in [1.29, 1.82) is 0 Å². The van der Waals surface area contributed by atoms with Crippen LogP contribution in [-0.4, -0.2) is 32.6 Å². The van der Waals surface area contributed by atoms with Crippen LogP contribution in [0.25, 0.3) is 0 Å². The van der Waals surface area contributed by atoms with E-state index < -0.39 is 11.8 Å². The summed E-state index contributed by atoms with van der Waals surface area (Å²) in [5, 5.41) is 5.35. The molecule has 0 aromatic heterocycles. The van der Waals surface area contributed by atoms with E-state index in [1.165, 1.54) is 26.4 Å². The van der Waals surface area contributed by atoms with Gasteiger partial charge in [0.05, 0.1) is 24.9 Å². The first-order chi connectivity index (χ1) is 9.88. The number of halogens is 1. The highest BCUT2D eigenvalue weighted by atomic mass is 35.5. The molecule has 0 fully saturated rings. The van der Waals surface area contributed by atoms with Gasteiger partial charge in [0, 0.05) is 18.7 Å². The lowest BCUT2D eigenvalue weighted by Gasteiger charge is -2.13. The molecule has 0 aliphatic heterocycles. The Kier molecular flexibility index (Phi) is 6.30. The first-order valence-electron chi connectivity index (χ1n) is 6.39. The second-order valence-corrected chi connectivity index (χ2v) is 5.15. The van der Waals surface area contributed by atoms with Crippen molar-refractivity contribution in [2.45, 2.75) is 13.8 Å². The number of nitrogens with one attached hydrogen (secondary N) is 2. The molecule has 0 saturated carbocycles. The standard InChI is InChI=1S/C14H19ClN2O4/c1-8(2)7-16-13(18)14(19)17-10-6-11(20-3)9(15)5-12(10)21-4/h5-6,8H,7H2,1-4H3,(H,16,18)(H,17,19). The largest absolute Gasteiger partial charge is 0.495 e. The Bertz CT molecular complexity index is 532. The fourth-order valence-electron chi connectivity index (χ4n) is 1.51. The maximum Gasteiger partial charge on any atom is 0.313 e.